The number of amides is 1. The van der Waals surface area contributed by atoms with Crippen molar-refractivity contribution in [1.29, 1.82) is 0 Å². The maximum Gasteiger partial charge on any atom is 0.305 e. The highest BCUT2D eigenvalue weighted by Gasteiger charge is 2.26. The molecule has 0 aliphatic carbocycles. The van der Waals surface area contributed by atoms with Gasteiger partial charge in [0.25, 0.3) is 11.6 Å². The largest absolute Gasteiger partial charge is 0.481 e. The number of rotatable bonds is 8. The van der Waals surface area contributed by atoms with Gasteiger partial charge in [0.05, 0.1) is 22.9 Å². The summed E-state index contributed by atoms with van der Waals surface area (Å²) in [5.74, 6) is 0.119. The van der Waals surface area contributed by atoms with Crippen LogP contribution in [-0.2, 0) is 4.79 Å². The van der Waals surface area contributed by atoms with Crippen molar-refractivity contribution in [3.63, 3.8) is 0 Å². The number of nitrogens with zero attached hydrogens (tertiary/aromatic N) is 3. The number of carboxylic acids is 1. The third-order valence-corrected chi connectivity index (χ3v) is 6.20. The van der Waals surface area contributed by atoms with E-state index in [1.807, 2.05) is 32.9 Å². The van der Waals surface area contributed by atoms with Crippen LogP contribution in [-0.4, -0.2) is 43.6 Å². The second kappa shape index (κ2) is 10.2. The summed E-state index contributed by atoms with van der Waals surface area (Å²) in [5, 5.41) is 27.0. The maximum atomic E-state index is 13.6. The quantitative estimate of drug-likeness (QED) is 0.209. The normalized spacial score (nSPS) is 13.2. The van der Waals surface area contributed by atoms with Crippen LogP contribution in [0.15, 0.2) is 60.8 Å². The number of aromatic nitrogens is 2. The molecule has 3 N–H and O–H groups in total. The third-order valence-electron chi connectivity index (χ3n) is 6.20. The lowest BCUT2D eigenvalue weighted by Gasteiger charge is -2.22. The molecule has 12 heteroatoms. The van der Waals surface area contributed by atoms with E-state index in [-0.39, 0.29) is 23.6 Å². The van der Waals surface area contributed by atoms with Crippen molar-refractivity contribution in [3.05, 3.63) is 82.0 Å². The monoisotopic (exact) mass is 545 g/mol. The number of ether oxygens (including phenoxy) is 2. The van der Waals surface area contributed by atoms with Gasteiger partial charge in [-0.15, -0.1) is 0 Å². The van der Waals surface area contributed by atoms with E-state index in [9.17, 15) is 24.8 Å². The molecule has 5 rings (SSSR count). The highest BCUT2D eigenvalue weighted by atomic mass is 16.7. The fourth-order valence-electron chi connectivity index (χ4n) is 4.48. The minimum Gasteiger partial charge on any atom is -0.481 e. The van der Waals surface area contributed by atoms with Gasteiger partial charge in [-0.2, -0.15) is 0 Å². The summed E-state index contributed by atoms with van der Waals surface area (Å²) in [4.78, 5) is 40.7. The van der Waals surface area contributed by atoms with Crippen molar-refractivity contribution in [2.75, 3.05) is 12.1 Å². The Bertz CT molecular complexity index is 1640. The number of aliphatic carboxylic acids is 1. The highest BCUT2D eigenvalue weighted by molar-refractivity contribution is 6.01. The van der Waals surface area contributed by atoms with Gasteiger partial charge in [0.1, 0.15) is 11.5 Å². The summed E-state index contributed by atoms with van der Waals surface area (Å²) in [6, 6.07) is 13.3. The summed E-state index contributed by atoms with van der Waals surface area (Å²) in [5.41, 5.74) is 1.61. The third kappa shape index (κ3) is 5.37. The molecule has 0 spiro atoms. The molecular formula is C28H27N5O7. The molecule has 1 aliphatic heterocycles. The number of non-ortho nitro benzene ring substituents is 1. The van der Waals surface area contributed by atoms with Crippen LogP contribution in [0.4, 0.5) is 11.5 Å². The summed E-state index contributed by atoms with van der Waals surface area (Å²) < 4.78 is 12.7. The van der Waals surface area contributed by atoms with Crippen LogP contribution in [0.3, 0.4) is 0 Å². The standard InChI is InChI=1S/C28H27N5O7/c1-28(2,3)31-26-24(17-9-10-21-22(13-17)40-15-39-21)30-25-19(8-5-11-32(25)26)27(36)29-20(14-23(34)35)16-6-4-7-18(12-16)33(37)38/h4-13,20,31H,14-15H2,1-3H3,(H,29,36)(H,34,35). The molecule has 0 bridgehead atoms. The molecule has 0 saturated heterocycles. The second-order valence-corrected chi connectivity index (χ2v) is 10.3. The van der Waals surface area contributed by atoms with Crippen LogP contribution in [0, 0.1) is 10.1 Å². The van der Waals surface area contributed by atoms with Gasteiger partial charge in [-0.25, -0.2) is 4.98 Å². The number of pyridine rings is 1. The fourth-order valence-corrected chi connectivity index (χ4v) is 4.48. The van der Waals surface area contributed by atoms with Gasteiger partial charge >= 0.3 is 5.97 Å². The van der Waals surface area contributed by atoms with Crippen molar-refractivity contribution < 1.29 is 29.1 Å². The number of carbonyl (C=O) groups excluding carboxylic acids is 1. The molecule has 0 radical (unpaired) electrons. The predicted octanol–water partition coefficient (Wildman–Crippen LogP) is 4.79. The number of carboxylic acid groups (broad SMARTS) is 1. The van der Waals surface area contributed by atoms with E-state index < -0.39 is 29.3 Å². The van der Waals surface area contributed by atoms with Crippen LogP contribution in [0.5, 0.6) is 11.5 Å². The van der Waals surface area contributed by atoms with Gasteiger partial charge in [0.15, 0.2) is 17.1 Å². The Balaban J connectivity index is 1.57. The molecule has 1 amide bonds. The Hall–Kier alpha value is -5.13. The number of nitrogens with one attached hydrogen (secondary N) is 2. The first kappa shape index (κ1) is 26.5. The Labute approximate surface area is 228 Å². The number of hydrogen-bond acceptors (Lipinski definition) is 8. The molecular weight excluding hydrogens is 518 g/mol. The van der Waals surface area contributed by atoms with Gasteiger partial charge in [0.2, 0.25) is 6.79 Å². The topological polar surface area (TPSA) is 157 Å². The molecule has 1 atom stereocenters. The number of carbonyl (C=O) groups is 2. The Morgan fingerprint density at radius 2 is 1.90 bits per heavy atom. The van der Waals surface area contributed by atoms with Crippen LogP contribution < -0.4 is 20.1 Å². The molecule has 206 valence electrons. The second-order valence-electron chi connectivity index (χ2n) is 10.3. The Kier molecular flexibility index (Phi) is 6.76. The van der Waals surface area contributed by atoms with E-state index in [0.717, 1.165) is 5.56 Å². The van der Waals surface area contributed by atoms with E-state index in [2.05, 4.69) is 10.6 Å². The minimum atomic E-state index is -1.17. The maximum absolute atomic E-state index is 13.6. The smallest absolute Gasteiger partial charge is 0.305 e. The lowest BCUT2D eigenvalue weighted by atomic mass is 10.0. The van der Waals surface area contributed by atoms with Crippen molar-refractivity contribution in [2.45, 2.75) is 38.8 Å². The van der Waals surface area contributed by atoms with E-state index >= 15 is 0 Å². The van der Waals surface area contributed by atoms with Gasteiger partial charge < -0.3 is 25.2 Å². The first-order valence-corrected chi connectivity index (χ1v) is 12.5. The molecule has 2 aromatic carbocycles. The average molecular weight is 546 g/mol. The first-order chi connectivity index (χ1) is 19.0. The zero-order valence-electron chi connectivity index (χ0n) is 22.0. The number of benzene rings is 2. The fraction of sp³-hybridized carbons (Fsp3) is 0.250. The highest BCUT2D eigenvalue weighted by Crippen LogP contribution is 2.39. The Morgan fingerprint density at radius 3 is 2.62 bits per heavy atom. The number of hydrogen-bond donors (Lipinski definition) is 3. The lowest BCUT2D eigenvalue weighted by molar-refractivity contribution is -0.384. The number of imidazole rings is 1. The van der Waals surface area contributed by atoms with Crippen LogP contribution in [0.25, 0.3) is 16.9 Å². The summed E-state index contributed by atoms with van der Waals surface area (Å²) in [6.07, 6.45) is 1.31. The molecule has 0 fully saturated rings. The summed E-state index contributed by atoms with van der Waals surface area (Å²) in [7, 11) is 0. The van der Waals surface area contributed by atoms with Gasteiger partial charge in [-0.3, -0.25) is 24.1 Å². The lowest BCUT2D eigenvalue weighted by Crippen LogP contribution is -2.30. The van der Waals surface area contributed by atoms with E-state index in [1.165, 1.54) is 18.2 Å². The van der Waals surface area contributed by atoms with Crippen molar-refractivity contribution in [3.8, 4) is 22.8 Å². The zero-order valence-corrected chi connectivity index (χ0v) is 22.0. The molecule has 3 heterocycles. The van der Waals surface area contributed by atoms with Gasteiger partial charge in [-0.1, -0.05) is 12.1 Å². The number of nitro benzene ring substituents is 1. The summed E-state index contributed by atoms with van der Waals surface area (Å²) >= 11 is 0. The molecule has 1 unspecified atom stereocenters. The van der Waals surface area contributed by atoms with Gasteiger partial charge in [0, 0.05) is 29.4 Å². The van der Waals surface area contributed by atoms with E-state index in [1.54, 1.807) is 34.9 Å². The molecule has 1 aliphatic rings. The van der Waals surface area contributed by atoms with Crippen molar-refractivity contribution >= 4 is 29.0 Å². The number of fused-ring (bicyclic) bond motifs is 2. The van der Waals surface area contributed by atoms with Crippen LogP contribution >= 0.6 is 0 Å². The number of nitro groups is 1. The van der Waals surface area contributed by atoms with Crippen molar-refractivity contribution in [2.24, 2.45) is 0 Å². The molecule has 40 heavy (non-hydrogen) atoms. The SMILES string of the molecule is CC(C)(C)Nc1c(-c2ccc3c(c2)OCO3)nc2c(C(=O)NC(CC(=O)O)c3cccc([N+](=O)[O-])c3)cccn12. The minimum absolute atomic E-state index is 0.128. The van der Waals surface area contributed by atoms with E-state index in [0.29, 0.717) is 34.2 Å². The zero-order chi connectivity index (χ0) is 28.6. The van der Waals surface area contributed by atoms with Crippen molar-refractivity contribution in [1.82, 2.24) is 14.7 Å². The summed E-state index contributed by atoms with van der Waals surface area (Å²) in [6.45, 7) is 6.13. The number of anilines is 1. The van der Waals surface area contributed by atoms with E-state index in [4.69, 9.17) is 14.5 Å². The average Bonchev–Trinajstić information content (AvgIpc) is 3.51. The molecule has 0 saturated carbocycles. The first-order valence-electron chi connectivity index (χ1n) is 12.5. The Morgan fingerprint density at radius 1 is 1.12 bits per heavy atom. The molecule has 2 aromatic heterocycles. The molecule has 4 aromatic rings. The van der Waals surface area contributed by atoms with Gasteiger partial charge in [-0.05, 0) is 56.7 Å². The predicted molar refractivity (Wildman–Crippen MR) is 146 cm³/mol. The van der Waals surface area contributed by atoms with Crippen LogP contribution in [0.1, 0.15) is 49.2 Å². The van der Waals surface area contributed by atoms with Crippen LogP contribution in [0.2, 0.25) is 0 Å². The molecule has 12 nitrogen and oxygen atoms in total.